The minimum absolute atomic E-state index is 0.368. The lowest BCUT2D eigenvalue weighted by Gasteiger charge is -2.11. The van der Waals surface area contributed by atoms with Crippen LogP contribution in [0.1, 0.15) is 44.0 Å². The van der Waals surface area contributed by atoms with Crippen LogP contribution in [-0.2, 0) is 22.4 Å². The van der Waals surface area contributed by atoms with Gasteiger partial charge in [-0.25, -0.2) is 4.79 Å². The molecule has 0 unspecified atom stereocenters. The first-order chi connectivity index (χ1) is 13.5. The van der Waals surface area contributed by atoms with E-state index in [1.165, 1.54) is 11.3 Å². The van der Waals surface area contributed by atoms with Crippen molar-refractivity contribution in [3.63, 3.8) is 0 Å². The highest BCUT2D eigenvalue weighted by Crippen LogP contribution is 2.37. The van der Waals surface area contributed by atoms with Gasteiger partial charge in [-0.3, -0.25) is 9.59 Å². The molecule has 0 spiro atoms. The number of rotatable bonds is 5. The summed E-state index contributed by atoms with van der Waals surface area (Å²) in [6.45, 7) is -0.445. The van der Waals surface area contributed by atoms with E-state index in [0.717, 1.165) is 47.0 Å². The molecular formula is C20H19N3O4S. The Hall–Kier alpha value is -3.13. The van der Waals surface area contributed by atoms with Crippen LogP contribution < -0.4 is 11.1 Å². The Bertz CT molecular complexity index is 1080. The highest BCUT2D eigenvalue weighted by atomic mass is 32.1. The third-order valence-electron chi connectivity index (χ3n) is 4.81. The van der Waals surface area contributed by atoms with Crippen LogP contribution >= 0.6 is 11.3 Å². The zero-order chi connectivity index (χ0) is 19.7. The SMILES string of the molecule is NC(=O)c1c(NC(=O)COC(=O)c2c[nH]c3ccccc23)sc2c1CCCC2. The number of esters is 1. The van der Waals surface area contributed by atoms with E-state index >= 15 is 0 Å². The van der Waals surface area contributed by atoms with Crippen molar-refractivity contribution in [1.82, 2.24) is 4.98 Å². The average Bonchev–Trinajstić information content (AvgIpc) is 3.27. The highest BCUT2D eigenvalue weighted by Gasteiger charge is 2.25. The van der Waals surface area contributed by atoms with Crippen molar-refractivity contribution >= 4 is 45.0 Å². The third-order valence-corrected chi connectivity index (χ3v) is 6.02. The molecule has 2 amide bonds. The summed E-state index contributed by atoms with van der Waals surface area (Å²) in [6, 6.07) is 7.34. The van der Waals surface area contributed by atoms with Gasteiger partial charge >= 0.3 is 5.97 Å². The molecule has 0 fully saturated rings. The standard InChI is InChI=1S/C20H19N3O4S/c21-18(25)17-12-6-2-4-8-15(12)28-19(17)23-16(24)10-27-20(26)13-9-22-14-7-3-1-5-11(13)14/h1,3,5,7,9,22H,2,4,6,8,10H2,(H2,21,25)(H,23,24). The van der Waals surface area contributed by atoms with E-state index in [0.29, 0.717) is 16.1 Å². The van der Waals surface area contributed by atoms with Gasteiger partial charge in [0.05, 0.1) is 11.1 Å². The lowest BCUT2D eigenvalue weighted by Crippen LogP contribution is -2.22. The maximum absolute atomic E-state index is 12.3. The summed E-state index contributed by atoms with van der Waals surface area (Å²) in [6.07, 6.45) is 5.28. The minimum Gasteiger partial charge on any atom is -0.452 e. The van der Waals surface area contributed by atoms with Crippen LogP contribution in [0.4, 0.5) is 5.00 Å². The Morgan fingerprint density at radius 1 is 1.18 bits per heavy atom. The summed E-state index contributed by atoms with van der Waals surface area (Å²) in [4.78, 5) is 40.6. The number of carbonyl (C=O) groups is 3. The summed E-state index contributed by atoms with van der Waals surface area (Å²) < 4.78 is 5.15. The number of para-hydroxylation sites is 1. The Labute approximate surface area is 164 Å². The van der Waals surface area contributed by atoms with Gasteiger partial charge in [0.25, 0.3) is 11.8 Å². The van der Waals surface area contributed by atoms with Crippen LogP contribution in [0.15, 0.2) is 30.5 Å². The van der Waals surface area contributed by atoms with Crippen LogP contribution in [0.2, 0.25) is 0 Å². The molecule has 4 rings (SSSR count). The molecule has 8 heteroatoms. The summed E-state index contributed by atoms with van der Waals surface area (Å²) >= 11 is 1.37. The first kappa shape index (κ1) is 18.2. The van der Waals surface area contributed by atoms with Crippen molar-refractivity contribution in [1.29, 1.82) is 0 Å². The number of nitrogens with one attached hydrogen (secondary N) is 2. The largest absolute Gasteiger partial charge is 0.452 e. The quantitative estimate of drug-likeness (QED) is 0.574. The molecule has 3 aromatic rings. The lowest BCUT2D eigenvalue weighted by atomic mass is 9.95. The molecule has 2 aromatic heterocycles. The summed E-state index contributed by atoms with van der Waals surface area (Å²) in [7, 11) is 0. The molecule has 28 heavy (non-hydrogen) atoms. The van der Waals surface area contributed by atoms with Crippen LogP contribution in [-0.4, -0.2) is 29.4 Å². The second kappa shape index (κ2) is 7.47. The number of hydrogen-bond acceptors (Lipinski definition) is 5. The molecule has 0 radical (unpaired) electrons. The number of carbonyl (C=O) groups excluding carboxylic acids is 3. The number of ether oxygens (including phenoxy) is 1. The van der Waals surface area contributed by atoms with Crippen molar-refractivity contribution in [2.75, 3.05) is 11.9 Å². The maximum Gasteiger partial charge on any atom is 0.340 e. The van der Waals surface area contributed by atoms with Crippen LogP contribution in [0.5, 0.6) is 0 Å². The number of H-pyrrole nitrogens is 1. The van der Waals surface area contributed by atoms with Crippen LogP contribution in [0.3, 0.4) is 0 Å². The first-order valence-electron chi connectivity index (χ1n) is 9.02. The summed E-state index contributed by atoms with van der Waals surface area (Å²) in [5.41, 5.74) is 8.03. The van der Waals surface area contributed by atoms with E-state index in [-0.39, 0.29) is 0 Å². The predicted octanol–water partition coefficient (Wildman–Crippen LogP) is 3.00. The van der Waals surface area contributed by atoms with Gasteiger partial charge in [-0.05, 0) is 37.3 Å². The third kappa shape index (κ3) is 3.38. The molecule has 0 bridgehead atoms. The molecule has 2 heterocycles. The molecule has 144 valence electrons. The van der Waals surface area contributed by atoms with Gasteiger partial charge in [-0.2, -0.15) is 0 Å². The number of benzene rings is 1. The van der Waals surface area contributed by atoms with Crippen molar-refractivity contribution in [3.05, 3.63) is 52.0 Å². The number of primary amides is 1. The fraction of sp³-hybridized carbons (Fsp3) is 0.250. The monoisotopic (exact) mass is 397 g/mol. The molecular weight excluding hydrogens is 378 g/mol. The Morgan fingerprint density at radius 2 is 1.96 bits per heavy atom. The number of nitrogens with two attached hydrogens (primary N) is 1. The average molecular weight is 397 g/mol. The van der Waals surface area contributed by atoms with Crippen molar-refractivity contribution in [2.45, 2.75) is 25.7 Å². The first-order valence-corrected chi connectivity index (χ1v) is 9.83. The second-order valence-corrected chi connectivity index (χ2v) is 7.76. The Balaban J connectivity index is 1.44. The van der Waals surface area contributed by atoms with Crippen molar-refractivity contribution < 1.29 is 19.1 Å². The molecule has 0 saturated heterocycles. The molecule has 1 aliphatic rings. The van der Waals surface area contributed by atoms with E-state index in [1.807, 2.05) is 18.2 Å². The van der Waals surface area contributed by atoms with Gasteiger partial charge in [0.2, 0.25) is 0 Å². The summed E-state index contributed by atoms with van der Waals surface area (Å²) in [5, 5.41) is 3.85. The topological polar surface area (TPSA) is 114 Å². The van der Waals surface area contributed by atoms with Gasteiger partial charge < -0.3 is 20.8 Å². The van der Waals surface area contributed by atoms with Gasteiger partial charge in [-0.1, -0.05) is 18.2 Å². The molecule has 1 aliphatic carbocycles. The van der Waals surface area contributed by atoms with Gasteiger partial charge in [0.1, 0.15) is 5.00 Å². The van der Waals surface area contributed by atoms with Gasteiger partial charge in [-0.15, -0.1) is 11.3 Å². The molecule has 4 N–H and O–H groups in total. The highest BCUT2D eigenvalue weighted by molar-refractivity contribution is 7.17. The van der Waals surface area contributed by atoms with E-state index in [2.05, 4.69) is 10.3 Å². The zero-order valence-corrected chi connectivity index (χ0v) is 15.9. The lowest BCUT2D eigenvalue weighted by molar-refractivity contribution is -0.119. The molecule has 7 nitrogen and oxygen atoms in total. The molecule has 0 aliphatic heterocycles. The molecule has 0 atom stereocenters. The zero-order valence-electron chi connectivity index (χ0n) is 15.0. The number of amides is 2. The second-order valence-electron chi connectivity index (χ2n) is 6.65. The number of thiophene rings is 1. The van der Waals surface area contributed by atoms with Crippen molar-refractivity contribution in [2.24, 2.45) is 5.73 Å². The Morgan fingerprint density at radius 3 is 2.79 bits per heavy atom. The van der Waals surface area contributed by atoms with Gasteiger partial charge in [0.15, 0.2) is 6.61 Å². The Kier molecular flexibility index (Phi) is 4.87. The van der Waals surface area contributed by atoms with Crippen LogP contribution in [0.25, 0.3) is 10.9 Å². The minimum atomic E-state index is -0.590. The van der Waals surface area contributed by atoms with E-state index in [4.69, 9.17) is 10.5 Å². The molecule has 1 aromatic carbocycles. The maximum atomic E-state index is 12.3. The molecule has 0 saturated carbocycles. The van der Waals surface area contributed by atoms with Gasteiger partial charge in [0, 0.05) is 22.0 Å². The van der Waals surface area contributed by atoms with Crippen molar-refractivity contribution in [3.8, 4) is 0 Å². The number of aryl methyl sites for hydroxylation is 1. The number of fused-ring (bicyclic) bond motifs is 2. The number of hydrogen-bond donors (Lipinski definition) is 3. The number of anilines is 1. The normalized spacial score (nSPS) is 13.1. The fourth-order valence-corrected chi connectivity index (χ4v) is 4.84. The smallest absolute Gasteiger partial charge is 0.340 e. The van der Waals surface area contributed by atoms with Crippen LogP contribution in [0, 0.1) is 0 Å². The van der Waals surface area contributed by atoms with E-state index in [1.54, 1.807) is 12.3 Å². The summed E-state index contributed by atoms with van der Waals surface area (Å²) in [5.74, 6) is -1.65. The number of aromatic amines is 1. The van der Waals surface area contributed by atoms with E-state index < -0.39 is 24.4 Å². The van der Waals surface area contributed by atoms with E-state index in [9.17, 15) is 14.4 Å². The fourth-order valence-electron chi connectivity index (χ4n) is 3.53. The number of aromatic nitrogens is 1. The predicted molar refractivity (Wildman–Crippen MR) is 107 cm³/mol.